The Morgan fingerprint density at radius 1 is 1.15 bits per heavy atom. The summed E-state index contributed by atoms with van der Waals surface area (Å²) in [4.78, 5) is 26.3. The monoisotopic (exact) mass is 353 g/mol. The van der Waals surface area contributed by atoms with Gasteiger partial charge in [-0.1, -0.05) is 24.3 Å². The van der Waals surface area contributed by atoms with Crippen molar-refractivity contribution in [2.45, 2.75) is 18.9 Å². The molecule has 0 saturated carbocycles. The van der Waals surface area contributed by atoms with E-state index in [0.717, 1.165) is 25.1 Å². The van der Waals surface area contributed by atoms with Crippen LogP contribution in [-0.4, -0.2) is 38.2 Å². The molecule has 3 amide bonds. The number of urea groups is 1. The van der Waals surface area contributed by atoms with E-state index in [4.69, 9.17) is 4.74 Å². The highest BCUT2D eigenvalue weighted by atomic mass is 16.5. The number of hydrogen-bond acceptors (Lipinski definition) is 3. The van der Waals surface area contributed by atoms with Crippen molar-refractivity contribution in [2.24, 2.45) is 0 Å². The minimum Gasteiger partial charge on any atom is -0.376 e. The van der Waals surface area contributed by atoms with Crippen molar-refractivity contribution in [3.8, 4) is 0 Å². The van der Waals surface area contributed by atoms with Gasteiger partial charge in [0.15, 0.2) is 0 Å². The normalized spacial score (nSPS) is 16.1. The molecule has 1 fully saturated rings. The molecular formula is C20H23N3O3. The predicted molar refractivity (Wildman–Crippen MR) is 102 cm³/mol. The first-order valence-electron chi connectivity index (χ1n) is 8.73. The Hall–Kier alpha value is -2.86. The molecule has 0 aliphatic carbocycles. The summed E-state index contributed by atoms with van der Waals surface area (Å²) in [5, 5.41) is 5.56. The van der Waals surface area contributed by atoms with Crippen LogP contribution in [0.15, 0.2) is 54.6 Å². The summed E-state index contributed by atoms with van der Waals surface area (Å²) in [6.45, 7) is 1.24. The fraction of sp³-hybridized carbons (Fsp3) is 0.300. The second-order valence-corrected chi connectivity index (χ2v) is 6.25. The van der Waals surface area contributed by atoms with E-state index in [1.54, 1.807) is 36.2 Å². The van der Waals surface area contributed by atoms with Crippen LogP contribution in [0.1, 0.15) is 23.2 Å². The van der Waals surface area contributed by atoms with Gasteiger partial charge >= 0.3 is 6.03 Å². The van der Waals surface area contributed by atoms with Crippen LogP contribution in [0.4, 0.5) is 16.2 Å². The van der Waals surface area contributed by atoms with E-state index in [0.29, 0.717) is 17.8 Å². The average molecular weight is 353 g/mol. The predicted octanol–water partition coefficient (Wildman–Crippen LogP) is 3.26. The number of benzene rings is 2. The third kappa shape index (κ3) is 4.61. The lowest BCUT2D eigenvalue weighted by atomic mass is 10.1. The van der Waals surface area contributed by atoms with Crippen molar-refractivity contribution in [3.05, 3.63) is 60.2 Å². The van der Waals surface area contributed by atoms with Gasteiger partial charge in [0.05, 0.1) is 6.10 Å². The SMILES string of the molecule is CN(C(=O)c1cccc(NC(=O)NCC2CCCO2)c1)c1ccccc1. The Morgan fingerprint density at radius 2 is 1.96 bits per heavy atom. The Balaban J connectivity index is 1.60. The molecular weight excluding hydrogens is 330 g/mol. The number of rotatable bonds is 5. The van der Waals surface area contributed by atoms with Gasteiger partial charge < -0.3 is 20.3 Å². The Morgan fingerprint density at radius 3 is 2.69 bits per heavy atom. The van der Waals surface area contributed by atoms with Gasteiger partial charge in [0, 0.05) is 37.1 Å². The van der Waals surface area contributed by atoms with Crippen LogP contribution < -0.4 is 15.5 Å². The third-order valence-corrected chi connectivity index (χ3v) is 4.33. The number of nitrogens with one attached hydrogen (secondary N) is 2. The molecule has 1 aliphatic heterocycles. The molecule has 1 saturated heterocycles. The lowest BCUT2D eigenvalue weighted by Crippen LogP contribution is -2.35. The third-order valence-electron chi connectivity index (χ3n) is 4.33. The Labute approximate surface area is 153 Å². The highest BCUT2D eigenvalue weighted by molar-refractivity contribution is 6.06. The van der Waals surface area contributed by atoms with Gasteiger partial charge in [-0.3, -0.25) is 4.79 Å². The van der Waals surface area contributed by atoms with Crippen molar-refractivity contribution in [1.82, 2.24) is 5.32 Å². The molecule has 26 heavy (non-hydrogen) atoms. The molecule has 6 nitrogen and oxygen atoms in total. The number of hydrogen-bond donors (Lipinski definition) is 2. The summed E-state index contributed by atoms with van der Waals surface area (Å²) in [6, 6.07) is 16.0. The quantitative estimate of drug-likeness (QED) is 0.867. The number of carbonyl (C=O) groups excluding carboxylic acids is 2. The van der Waals surface area contributed by atoms with Gasteiger partial charge in [0.25, 0.3) is 5.91 Å². The fourth-order valence-electron chi connectivity index (χ4n) is 2.88. The first-order valence-corrected chi connectivity index (χ1v) is 8.73. The van der Waals surface area contributed by atoms with Crippen molar-refractivity contribution in [2.75, 3.05) is 30.4 Å². The Bertz CT molecular complexity index is 758. The summed E-state index contributed by atoms with van der Waals surface area (Å²) < 4.78 is 5.48. The van der Waals surface area contributed by atoms with Crippen LogP contribution in [-0.2, 0) is 4.74 Å². The van der Waals surface area contributed by atoms with Crippen LogP contribution in [0, 0.1) is 0 Å². The van der Waals surface area contributed by atoms with E-state index < -0.39 is 0 Å². The second kappa shape index (κ2) is 8.49. The van der Waals surface area contributed by atoms with Gasteiger partial charge in [0.2, 0.25) is 0 Å². The topological polar surface area (TPSA) is 70.7 Å². The van der Waals surface area contributed by atoms with E-state index in [1.165, 1.54) is 0 Å². The van der Waals surface area contributed by atoms with Crippen molar-refractivity contribution in [3.63, 3.8) is 0 Å². The van der Waals surface area contributed by atoms with Crippen molar-refractivity contribution >= 4 is 23.3 Å². The standard InChI is InChI=1S/C20H23N3O3/c1-23(17-9-3-2-4-10-17)19(24)15-7-5-8-16(13-15)22-20(25)21-14-18-11-6-12-26-18/h2-5,7-10,13,18H,6,11-12,14H2,1H3,(H2,21,22,25). The summed E-state index contributed by atoms with van der Waals surface area (Å²) in [5.41, 5.74) is 1.89. The Kier molecular flexibility index (Phi) is 5.86. The van der Waals surface area contributed by atoms with Gasteiger partial charge in [0.1, 0.15) is 0 Å². The molecule has 3 rings (SSSR count). The minimum atomic E-state index is -0.304. The van der Waals surface area contributed by atoms with Gasteiger partial charge in [-0.25, -0.2) is 4.79 Å². The molecule has 6 heteroatoms. The molecule has 0 aromatic heterocycles. The summed E-state index contributed by atoms with van der Waals surface area (Å²) in [5.74, 6) is -0.139. The molecule has 2 N–H and O–H groups in total. The summed E-state index contributed by atoms with van der Waals surface area (Å²) >= 11 is 0. The zero-order valence-corrected chi connectivity index (χ0v) is 14.8. The zero-order chi connectivity index (χ0) is 18.4. The number of carbonyl (C=O) groups is 2. The van der Waals surface area contributed by atoms with Crippen LogP contribution in [0.25, 0.3) is 0 Å². The highest BCUT2D eigenvalue weighted by Crippen LogP contribution is 2.17. The lowest BCUT2D eigenvalue weighted by molar-refractivity contribution is 0.0993. The molecule has 1 unspecified atom stereocenters. The number of amides is 3. The molecule has 1 atom stereocenters. The number of ether oxygens (including phenoxy) is 1. The van der Waals surface area contributed by atoms with E-state index in [9.17, 15) is 9.59 Å². The largest absolute Gasteiger partial charge is 0.376 e. The average Bonchev–Trinajstić information content (AvgIpc) is 3.20. The van der Waals surface area contributed by atoms with Crippen LogP contribution in [0.5, 0.6) is 0 Å². The smallest absolute Gasteiger partial charge is 0.319 e. The van der Waals surface area contributed by atoms with Gasteiger partial charge in [-0.15, -0.1) is 0 Å². The number of anilines is 2. The maximum atomic E-state index is 12.7. The van der Waals surface area contributed by atoms with Crippen molar-refractivity contribution in [1.29, 1.82) is 0 Å². The molecule has 136 valence electrons. The maximum absolute atomic E-state index is 12.7. The van der Waals surface area contributed by atoms with Gasteiger partial charge in [-0.2, -0.15) is 0 Å². The lowest BCUT2D eigenvalue weighted by Gasteiger charge is -2.18. The molecule has 2 aromatic carbocycles. The van der Waals surface area contributed by atoms with Crippen LogP contribution in [0.3, 0.4) is 0 Å². The molecule has 0 bridgehead atoms. The summed E-state index contributed by atoms with van der Waals surface area (Å²) in [6.07, 6.45) is 2.09. The van der Waals surface area contributed by atoms with E-state index in [1.807, 2.05) is 30.3 Å². The molecule has 1 heterocycles. The van der Waals surface area contributed by atoms with Gasteiger partial charge in [-0.05, 0) is 43.2 Å². The number of nitrogens with zero attached hydrogens (tertiary/aromatic N) is 1. The van der Waals surface area contributed by atoms with E-state index >= 15 is 0 Å². The highest BCUT2D eigenvalue weighted by Gasteiger charge is 2.17. The number of para-hydroxylation sites is 1. The molecule has 1 aliphatic rings. The van der Waals surface area contributed by atoms with Crippen molar-refractivity contribution < 1.29 is 14.3 Å². The van der Waals surface area contributed by atoms with E-state index in [-0.39, 0.29) is 18.0 Å². The fourth-order valence-corrected chi connectivity index (χ4v) is 2.88. The molecule has 0 spiro atoms. The first-order chi connectivity index (χ1) is 12.6. The minimum absolute atomic E-state index is 0.0909. The zero-order valence-electron chi connectivity index (χ0n) is 14.8. The maximum Gasteiger partial charge on any atom is 0.319 e. The van der Waals surface area contributed by atoms with Crippen LogP contribution >= 0.6 is 0 Å². The molecule has 2 aromatic rings. The first kappa shape index (κ1) is 17.9. The second-order valence-electron chi connectivity index (χ2n) is 6.25. The van der Waals surface area contributed by atoms with E-state index in [2.05, 4.69) is 10.6 Å². The summed E-state index contributed by atoms with van der Waals surface area (Å²) in [7, 11) is 1.73. The van der Waals surface area contributed by atoms with Crippen LogP contribution in [0.2, 0.25) is 0 Å². The molecule has 0 radical (unpaired) electrons.